The fraction of sp³-hybridized carbons (Fsp3) is 0.417. The van der Waals surface area contributed by atoms with Crippen molar-refractivity contribution in [3.05, 3.63) is 29.3 Å². The summed E-state index contributed by atoms with van der Waals surface area (Å²) in [6.45, 7) is 6.42. The predicted octanol–water partition coefficient (Wildman–Crippen LogP) is 3.76. The number of thioether (sulfide) groups is 1. The molecule has 1 atom stereocenters. The molecule has 0 aliphatic heterocycles. The summed E-state index contributed by atoms with van der Waals surface area (Å²) in [6, 6.07) is 8.13. The van der Waals surface area contributed by atoms with Crippen LogP contribution in [0.4, 0.5) is 0 Å². The molecule has 0 radical (unpaired) electrons. The van der Waals surface area contributed by atoms with E-state index in [1.807, 2.05) is 12.1 Å². The quantitative estimate of drug-likeness (QED) is 0.701. The largest absolute Gasteiger partial charge is 0.192 e. The molecule has 1 aromatic rings. The Kier molecular flexibility index (Phi) is 4.03. The molecule has 1 rings (SSSR count). The second-order valence-electron chi connectivity index (χ2n) is 3.40. The smallest absolute Gasteiger partial charge is 0.100 e. The molecule has 0 aliphatic rings. The van der Waals surface area contributed by atoms with E-state index in [1.165, 1.54) is 5.56 Å². The van der Waals surface area contributed by atoms with E-state index in [9.17, 15) is 0 Å². The summed E-state index contributed by atoms with van der Waals surface area (Å²) in [5, 5.41) is 9.54. The lowest BCUT2D eigenvalue weighted by atomic mass is 10.1. The van der Waals surface area contributed by atoms with E-state index < -0.39 is 0 Å². The summed E-state index contributed by atoms with van der Waals surface area (Å²) >= 11 is 1.80. The Bertz CT molecular complexity index is 352. The fourth-order valence-corrected chi connectivity index (χ4v) is 2.25. The van der Waals surface area contributed by atoms with Crippen molar-refractivity contribution in [2.45, 2.75) is 37.3 Å². The molecule has 0 N–H and O–H groups in total. The molecule has 0 aliphatic carbocycles. The lowest BCUT2D eigenvalue weighted by Gasteiger charge is -2.11. The number of rotatable bonds is 3. The van der Waals surface area contributed by atoms with E-state index >= 15 is 0 Å². The van der Waals surface area contributed by atoms with Gasteiger partial charge < -0.3 is 0 Å². The lowest BCUT2D eigenvalue weighted by Crippen LogP contribution is -1.95. The second-order valence-corrected chi connectivity index (χ2v) is 4.85. The van der Waals surface area contributed by atoms with Crippen molar-refractivity contribution in [3.8, 4) is 6.07 Å². The van der Waals surface area contributed by atoms with E-state index in [0.717, 1.165) is 16.9 Å². The van der Waals surface area contributed by atoms with Gasteiger partial charge in [0, 0.05) is 10.1 Å². The van der Waals surface area contributed by atoms with Gasteiger partial charge in [-0.25, -0.2) is 0 Å². The summed E-state index contributed by atoms with van der Waals surface area (Å²) in [4.78, 5) is 1.14. The molecule has 14 heavy (non-hydrogen) atoms. The van der Waals surface area contributed by atoms with Gasteiger partial charge in [-0.3, -0.25) is 0 Å². The zero-order valence-corrected chi connectivity index (χ0v) is 9.69. The van der Waals surface area contributed by atoms with Crippen LogP contribution < -0.4 is 0 Å². The Morgan fingerprint density at radius 1 is 1.50 bits per heavy atom. The number of nitrogens with zero attached hydrogens (tertiary/aromatic N) is 1. The van der Waals surface area contributed by atoms with Crippen molar-refractivity contribution >= 4 is 11.8 Å². The van der Waals surface area contributed by atoms with Gasteiger partial charge in [0.25, 0.3) is 0 Å². The van der Waals surface area contributed by atoms with E-state index in [2.05, 4.69) is 32.9 Å². The Morgan fingerprint density at radius 3 is 2.79 bits per heavy atom. The van der Waals surface area contributed by atoms with Crippen molar-refractivity contribution in [2.24, 2.45) is 0 Å². The lowest BCUT2D eigenvalue weighted by molar-refractivity contribution is 0.904. The number of hydrogen-bond donors (Lipinski definition) is 0. The maximum absolute atomic E-state index is 8.97. The second kappa shape index (κ2) is 5.07. The number of aryl methyl sites for hydroxylation is 1. The van der Waals surface area contributed by atoms with Crippen LogP contribution in [0.2, 0.25) is 0 Å². The number of benzene rings is 1. The van der Waals surface area contributed by atoms with Gasteiger partial charge in [0.15, 0.2) is 0 Å². The average molecular weight is 205 g/mol. The standard InChI is InChI=1S/C12H15NS/c1-4-10(3)14-12-9(2)6-5-7-11(12)8-13/h5-7,10H,4H2,1-3H3. The Hall–Kier alpha value is -0.940. The first-order valence-electron chi connectivity index (χ1n) is 4.85. The third-order valence-electron chi connectivity index (χ3n) is 2.23. The van der Waals surface area contributed by atoms with E-state index in [-0.39, 0.29) is 0 Å². The fourth-order valence-electron chi connectivity index (χ4n) is 1.18. The van der Waals surface area contributed by atoms with Gasteiger partial charge in [0.1, 0.15) is 6.07 Å². The minimum atomic E-state index is 0.572. The maximum atomic E-state index is 8.97. The van der Waals surface area contributed by atoms with Crippen LogP contribution in [0.5, 0.6) is 0 Å². The van der Waals surface area contributed by atoms with E-state index in [4.69, 9.17) is 5.26 Å². The topological polar surface area (TPSA) is 23.8 Å². The highest BCUT2D eigenvalue weighted by Gasteiger charge is 2.08. The first-order chi connectivity index (χ1) is 6.69. The first-order valence-corrected chi connectivity index (χ1v) is 5.73. The van der Waals surface area contributed by atoms with Gasteiger partial charge in [0.2, 0.25) is 0 Å². The third kappa shape index (κ3) is 2.52. The summed E-state index contributed by atoms with van der Waals surface area (Å²) < 4.78 is 0. The van der Waals surface area contributed by atoms with Crippen molar-refractivity contribution in [2.75, 3.05) is 0 Å². The highest BCUT2D eigenvalue weighted by atomic mass is 32.2. The molecule has 74 valence electrons. The molecule has 1 aromatic carbocycles. The van der Waals surface area contributed by atoms with Gasteiger partial charge in [0.05, 0.1) is 5.56 Å². The SMILES string of the molecule is CCC(C)Sc1c(C)cccc1C#N. The van der Waals surface area contributed by atoms with E-state index in [0.29, 0.717) is 5.25 Å². The molecule has 2 heteroatoms. The normalized spacial score (nSPS) is 12.1. The molecule has 0 saturated heterocycles. The van der Waals surface area contributed by atoms with Crippen molar-refractivity contribution in [1.82, 2.24) is 0 Å². The minimum Gasteiger partial charge on any atom is -0.192 e. The summed E-state index contributed by atoms with van der Waals surface area (Å²) in [5.41, 5.74) is 2.00. The van der Waals surface area contributed by atoms with E-state index in [1.54, 1.807) is 11.8 Å². The van der Waals surface area contributed by atoms with Crippen LogP contribution in [-0.2, 0) is 0 Å². The van der Waals surface area contributed by atoms with Crippen molar-refractivity contribution in [1.29, 1.82) is 5.26 Å². The highest BCUT2D eigenvalue weighted by Crippen LogP contribution is 2.30. The van der Waals surface area contributed by atoms with Crippen LogP contribution in [0.15, 0.2) is 23.1 Å². The van der Waals surface area contributed by atoms with Crippen molar-refractivity contribution < 1.29 is 0 Å². The Labute approximate surface area is 90.1 Å². The molecule has 0 fully saturated rings. The zero-order valence-electron chi connectivity index (χ0n) is 8.87. The Balaban J connectivity index is 3.00. The summed E-state index contributed by atoms with van der Waals surface area (Å²) in [6.07, 6.45) is 1.13. The maximum Gasteiger partial charge on any atom is 0.100 e. The van der Waals surface area contributed by atoms with Crippen LogP contribution in [-0.4, -0.2) is 5.25 Å². The zero-order chi connectivity index (χ0) is 10.6. The molecule has 0 bridgehead atoms. The molecule has 0 saturated carbocycles. The molecular formula is C12H15NS. The van der Waals surface area contributed by atoms with Crippen molar-refractivity contribution in [3.63, 3.8) is 0 Å². The van der Waals surface area contributed by atoms with Crippen LogP contribution in [0, 0.1) is 18.3 Å². The molecule has 0 heterocycles. The van der Waals surface area contributed by atoms with Gasteiger partial charge in [-0.2, -0.15) is 5.26 Å². The van der Waals surface area contributed by atoms with Crippen LogP contribution >= 0.6 is 11.8 Å². The highest BCUT2D eigenvalue weighted by molar-refractivity contribution is 8.00. The number of nitriles is 1. The third-order valence-corrected chi connectivity index (χ3v) is 3.74. The first kappa shape index (κ1) is 11.1. The monoisotopic (exact) mass is 205 g/mol. The molecular weight excluding hydrogens is 190 g/mol. The number of hydrogen-bond acceptors (Lipinski definition) is 2. The average Bonchev–Trinajstić information content (AvgIpc) is 2.20. The van der Waals surface area contributed by atoms with Gasteiger partial charge in [-0.15, -0.1) is 11.8 Å². The molecule has 1 unspecified atom stereocenters. The van der Waals surface area contributed by atoms with Gasteiger partial charge in [-0.1, -0.05) is 26.0 Å². The van der Waals surface area contributed by atoms with Crippen LogP contribution in [0.1, 0.15) is 31.4 Å². The van der Waals surface area contributed by atoms with Gasteiger partial charge >= 0.3 is 0 Å². The summed E-state index contributed by atoms with van der Waals surface area (Å²) in [7, 11) is 0. The van der Waals surface area contributed by atoms with Crippen LogP contribution in [0.25, 0.3) is 0 Å². The Morgan fingerprint density at radius 2 is 2.21 bits per heavy atom. The minimum absolute atomic E-state index is 0.572. The summed E-state index contributed by atoms with van der Waals surface area (Å²) in [5.74, 6) is 0. The van der Waals surface area contributed by atoms with Crippen LogP contribution in [0.3, 0.4) is 0 Å². The molecule has 0 aromatic heterocycles. The molecule has 0 spiro atoms. The predicted molar refractivity (Wildman–Crippen MR) is 61.5 cm³/mol. The molecule has 1 nitrogen and oxygen atoms in total. The molecule has 0 amide bonds. The van der Waals surface area contributed by atoms with Gasteiger partial charge in [-0.05, 0) is 25.0 Å².